The van der Waals surface area contributed by atoms with Gasteiger partial charge in [-0.25, -0.2) is 4.68 Å². The normalized spacial score (nSPS) is 19.4. The highest BCUT2D eigenvalue weighted by Gasteiger charge is 2.35. The number of aliphatic carboxylic acids is 1. The molecule has 0 bridgehead atoms. The minimum Gasteiger partial charge on any atom is -0.480 e. The van der Waals surface area contributed by atoms with Crippen LogP contribution in [-0.2, 0) is 4.79 Å². The zero-order chi connectivity index (χ0) is 14.8. The molecule has 0 radical (unpaired) electrons. The lowest BCUT2D eigenvalue weighted by Gasteiger charge is -2.22. The molecule has 1 amide bonds. The number of hydrogen-bond donors (Lipinski definition) is 2. The number of nitrogens with zero attached hydrogens (tertiary/aromatic N) is 4. The third-order valence-corrected chi connectivity index (χ3v) is 3.97. The van der Waals surface area contributed by atoms with E-state index in [4.69, 9.17) is 5.11 Å². The van der Waals surface area contributed by atoms with Gasteiger partial charge in [0.25, 0.3) is 5.91 Å². The van der Waals surface area contributed by atoms with Crippen molar-refractivity contribution in [1.29, 1.82) is 0 Å². The smallest absolute Gasteiger partial charge is 0.323 e. The van der Waals surface area contributed by atoms with E-state index in [1.807, 2.05) is 0 Å². The first kappa shape index (κ1) is 14.0. The van der Waals surface area contributed by atoms with Gasteiger partial charge in [-0.3, -0.25) is 9.59 Å². The van der Waals surface area contributed by atoms with E-state index in [-0.39, 0.29) is 30.2 Å². The molecule has 1 saturated heterocycles. The third kappa shape index (κ3) is 3.21. The molecule has 1 aromatic rings. The highest BCUT2D eigenvalue weighted by Crippen LogP contribution is 2.28. The Morgan fingerprint density at radius 2 is 2.05 bits per heavy atom. The fraction of sp³-hybridized carbons (Fsp3) is 0.692. The van der Waals surface area contributed by atoms with Crippen LogP contribution in [0.4, 0.5) is 0 Å². The molecule has 114 valence electrons. The van der Waals surface area contributed by atoms with Crippen LogP contribution in [0.15, 0.2) is 6.20 Å². The number of amides is 1. The van der Waals surface area contributed by atoms with Crippen LogP contribution in [0, 0.1) is 0 Å². The van der Waals surface area contributed by atoms with E-state index in [0.29, 0.717) is 0 Å². The molecule has 0 spiro atoms. The molecule has 8 nitrogen and oxygen atoms in total. The van der Waals surface area contributed by atoms with E-state index in [9.17, 15) is 9.59 Å². The highest BCUT2D eigenvalue weighted by atomic mass is 16.4. The lowest BCUT2D eigenvalue weighted by Crippen LogP contribution is -2.37. The lowest BCUT2D eigenvalue weighted by molar-refractivity contribution is -0.137. The van der Waals surface area contributed by atoms with Gasteiger partial charge in [-0.15, -0.1) is 5.10 Å². The van der Waals surface area contributed by atoms with Gasteiger partial charge in [-0.05, 0) is 38.8 Å². The molecule has 21 heavy (non-hydrogen) atoms. The van der Waals surface area contributed by atoms with E-state index in [2.05, 4.69) is 15.6 Å². The van der Waals surface area contributed by atoms with E-state index in [0.717, 1.165) is 38.8 Å². The number of carboxylic acids is 1. The molecular formula is C13H19N5O3. The molecule has 3 rings (SSSR count). The molecule has 2 N–H and O–H groups in total. The summed E-state index contributed by atoms with van der Waals surface area (Å²) >= 11 is 0. The van der Waals surface area contributed by atoms with E-state index < -0.39 is 5.97 Å². The summed E-state index contributed by atoms with van der Waals surface area (Å²) in [6, 6.07) is 0.298. The van der Waals surface area contributed by atoms with Crippen LogP contribution < -0.4 is 5.32 Å². The van der Waals surface area contributed by atoms with Gasteiger partial charge in [0, 0.05) is 6.04 Å². The summed E-state index contributed by atoms with van der Waals surface area (Å²) in [7, 11) is 0. The van der Waals surface area contributed by atoms with Crippen LogP contribution in [0.1, 0.15) is 42.2 Å². The summed E-state index contributed by atoms with van der Waals surface area (Å²) < 4.78 is 1.74. The van der Waals surface area contributed by atoms with Gasteiger partial charge in [0.2, 0.25) is 0 Å². The molecule has 1 saturated carbocycles. The van der Waals surface area contributed by atoms with Gasteiger partial charge < -0.3 is 15.3 Å². The molecule has 1 aliphatic carbocycles. The zero-order valence-electron chi connectivity index (χ0n) is 11.7. The maximum atomic E-state index is 12.4. The van der Waals surface area contributed by atoms with Crippen molar-refractivity contribution in [2.45, 2.75) is 37.8 Å². The average molecular weight is 293 g/mol. The quantitative estimate of drug-likeness (QED) is 0.786. The van der Waals surface area contributed by atoms with Crippen LogP contribution in [-0.4, -0.2) is 62.6 Å². The lowest BCUT2D eigenvalue weighted by atomic mass is 10.1. The molecule has 1 aliphatic heterocycles. The van der Waals surface area contributed by atoms with Gasteiger partial charge in [-0.1, -0.05) is 5.21 Å². The van der Waals surface area contributed by atoms with E-state index in [1.54, 1.807) is 10.9 Å². The van der Waals surface area contributed by atoms with Gasteiger partial charge in [0.15, 0.2) is 5.69 Å². The average Bonchev–Trinajstić information content (AvgIpc) is 3.21. The Bertz CT molecular complexity index is 534. The van der Waals surface area contributed by atoms with Crippen molar-refractivity contribution in [2.75, 3.05) is 19.6 Å². The Morgan fingerprint density at radius 3 is 2.67 bits per heavy atom. The maximum absolute atomic E-state index is 12.4. The van der Waals surface area contributed by atoms with Crippen LogP contribution in [0.25, 0.3) is 0 Å². The molecule has 2 heterocycles. The van der Waals surface area contributed by atoms with Crippen molar-refractivity contribution in [2.24, 2.45) is 0 Å². The molecule has 0 aromatic carbocycles. The van der Waals surface area contributed by atoms with E-state index in [1.165, 1.54) is 4.90 Å². The maximum Gasteiger partial charge on any atom is 0.323 e. The fourth-order valence-electron chi connectivity index (χ4n) is 2.67. The number of carboxylic acid groups (broad SMARTS) is 1. The second-order valence-corrected chi connectivity index (χ2v) is 5.62. The van der Waals surface area contributed by atoms with Gasteiger partial charge in [-0.2, -0.15) is 0 Å². The van der Waals surface area contributed by atoms with Crippen LogP contribution >= 0.6 is 0 Å². The Kier molecular flexibility index (Phi) is 3.87. The Balaban J connectivity index is 1.71. The summed E-state index contributed by atoms with van der Waals surface area (Å²) in [5.74, 6) is -1.33. The summed E-state index contributed by atoms with van der Waals surface area (Å²) in [5.41, 5.74) is 0.238. The number of rotatable bonds is 5. The molecular weight excluding hydrogens is 274 g/mol. The van der Waals surface area contributed by atoms with Crippen LogP contribution in [0.5, 0.6) is 0 Å². The number of aromatic nitrogens is 3. The first-order chi connectivity index (χ1) is 10.1. The van der Waals surface area contributed by atoms with Crippen molar-refractivity contribution < 1.29 is 14.7 Å². The molecule has 0 atom stereocenters. The number of piperidine rings is 1. The van der Waals surface area contributed by atoms with Crippen molar-refractivity contribution >= 4 is 11.9 Å². The SMILES string of the molecule is O=C(O)CN(C(=O)c1cn(C2CCNCC2)nn1)C1CC1. The molecule has 0 unspecified atom stereocenters. The van der Waals surface area contributed by atoms with Crippen LogP contribution in [0.2, 0.25) is 0 Å². The minimum absolute atomic E-state index is 0.0395. The van der Waals surface area contributed by atoms with Gasteiger partial charge in [0.05, 0.1) is 12.2 Å². The molecule has 8 heteroatoms. The summed E-state index contributed by atoms with van der Waals surface area (Å²) in [5, 5.41) is 20.2. The summed E-state index contributed by atoms with van der Waals surface area (Å²) in [6.45, 7) is 1.59. The highest BCUT2D eigenvalue weighted by molar-refractivity contribution is 5.94. The number of hydrogen-bond acceptors (Lipinski definition) is 5. The number of carbonyl (C=O) groups excluding carboxylic acids is 1. The van der Waals surface area contributed by atoms with Crippen molar-refractivity contribution in [3.63, 3.8) is 0 Å². The zero-order valence-corrected chi connectivity index (χ0v) is 11.7. The molecule has 2 aliphatic rings. The predicted octanol–water partition coefficient (Wildman–Crippen LogP) is -0.108. The van der Waals surface area contributed by atoms with Gasteiger partial charge >= 0.3 is 5.97 Å². The Hall–Kier alpha value is -1.96. The topological polar surface area (TPSA) is 100 Å². The molecule has 1 aromatic heterocycles. The van der Waals surface area contributed by atoms with Crippen molar-refractivity contribution in [3.8, 4) is 0 Å². The minimum atomic E-state index is -0.999. The first-order valence-corrected chi connectivity index (χ1v) is 7.30. The van der Waals surface area contributed by atoms with Crippen molar-refractivity contribution in [3.05, 3.63) is 11.9 Å². The third-order valence-electron chi connectivity index (χ3n) is 3.97. The fourth-order valence-corrected chi connectivity index (χ4v) is 2.67. The Labute approximate surface area is 122 Å². The number of carbonyl (C=O) groups is 2. The summed E-state index contributed by atoms with van der Waals surface area (Å²) in [4.78, 5) is 24.7. The van der Waals surface area contributed by atoms with E-state index >= 15 is 0 Å². The van der Waals surface area contributed by atoms with Crippen LogP contribution in [0.3, 0.4) is 0 Å². The Morgan fingerprint density at radius 1 is 1.33 bits per heavy atom. The standard InChI is InChI=1S/C13H19N5O3/c19-12(20)8-17(9-1-2-9)13(21)11-7-18(16-15-11)10-3-5-14-6-4-10/h7,9-10,14H,1-6,8H2,(H,19,20). The second-order valence-electron chi connectivity index (χ2n) is 5.62. The first-order valence-electron chi connectivity index (χ1n) is 7.30. The summed E-state index contributed by atoms with van der Waals surface area (Å²) in [6.07, 6.45) is 5.29. The predicted molar refractivity (Wildman–Crippen MR) is 72.9 cm³/mol. The largest absolute Gasteiger partial charge is 0.480 e. The number of nitrogens with one attached hydrogen (secondary N) is 1. The second kappa shape index (κ2) is 5.80. The van der Waals surface area contributed by atoms with Crippen molar-refractivity contribution in [1.82, 2.24) is 25.2 Å². The monoisotopic (exact) mass is 293 g/mol. The molecule has 2 fully saturated rings. The van der Waals surface area contributed by atoms with Gasteiger partial charge in [0.1, 0.15) is 6.54 Å².